The van der Waals surface area contributed by atoms with Gasteiger partial charge in [-0.05, 0) is 0 Å². The zero-order valence-electron chi connectivity index (χ0n) is 2.81. The number of hydrogen-bond acceptors (Lipinski definition) is 2. The largest absolute Gasteiger partial charge is 0.475 e. The predicted octanol–water partition coefficient (Wildman–Crippen LogP) is 0.195. The van der Waals surface area contributed by atoms with Crippen LogP contribution in [0.4, 0.5) is 0 Å². The van der Waals surface area contributed by atoms with E-state index in [9.17, 15) is 0 Å². The molecule has 2 N–H and O–H groups in total. The normalized spacial score (nSPS) is 9.50. The summed E-state index contributed by atoms with van der Waals surface area (Å²) in [5.41, 5.74) is 0. The molecule has 0 amide bonds. The topological polar surface area (TPSA) is 40.5 Å². The predicted molar refractivity (Wildman–Crippen MR) is 42.0 cm³/mol. The van der Waals surface area contributed by atoms with Crippen molar-refractivity contribution in [2.45, 2.75) is 1.83 Å². The summed E-state index contributed by atoms with van der Waals surface area (Å²) in [6.07, 6.45) is 0. The lowest BCUT2D eigenvalue weighted by Crippen LogP contribution is -2.19. The van der Waals surface area contributed by atoms with E-state index in [1.54, 1.807) is 0 Å². The molecule has 0 aromatic heterocycles. The van der Waals surface area contributed by atoms with Gasteiger partial charge in [0, 0.05) is 0 Å². The van der Waals surface area contributed by atoms with Crippen LogP contribution in [0.3, 0.4) is 0 Å². The first-order chi connectivity index (χ1) is 2.64. The standard InChI is InChI=1S/CH3BI2O2/c3-1(4)2(5)6/h1,5-6H. The fourth-order valence-electron chi connectivity index (χ4n) is 0. The molecule has 0 rings (SSSR count). The third-order valence-electron chi connectivity index (χ3n) is 0.225. The lowest BCUT2D eigenvalue weighted by molar-refractivity contribution is 0.415. The van der Waals surface area contributed by atoms with Gasteiger partial charge in [0.2, 0.25) is 0 Å². The summed E-state index contributed by atoms with van der Waals surface area (Å²) >= 11 is 3.84. The number of halogens is 2. The highest BCUT2D eigenvalue weighted by Crippen LogP contribution is 2.08. The van der Waals surface area contributed by atoms with Crippen molar-refractivity contribution in [2.75, 3.05) is 0 Å². The van der Waals surface area contributed by atoms with Crippen LogP contribution >= 0.6 is 45.2 Å². The van der Waals surface area contributed by atoms with Gasteiger partial charge in [-0.2, -0.15) is 0 Å². The number of hydrogen-bond donors (Lipinski definition) is 2. The van der Waals surface area contributed by atoms with Crippen LogP contribution in [0, 0.1) is 0 Å². The molecule has 0 unspecified atom stereocenters. The lowest BCUT2D eigenvalue weighted by Gasteiger charge is -1.92. The second-order valence-electron chi connectivity index (χ2n) is 0.748. The molecule has 0 aromatic rings. The average molecular weight is 312 g/mol. The maximum absolute atomic E-state index is 8.17. The Morgan fingerprint density at radius 1 is 1.33 bits per heavy atom. The summed E-state index contributed by atoms with van der Waals surface area (Å²) in [6, 6.07) is 0. The molecule has 0 aromatic carbocycles. The van der Waals surface area contributed by atoms with Gasteiger partial charge in [-0.15, -0.1) is 0 Å². The summed E-state index contributed by atoms with van der Waals surface area (Å²) in [4.78, 5) is 0. The summed E-state index contributed by atoms with van der Waals surface area (Å²) in [5.74, 6) is 0. The van der Waals surface area contributed by atoms with Crippen LogP contribution in [0.25, 0.3) is 0 Å². The van der Waals surface area contributed by atoms with E-state index in [2.05, 4.69) is 0 Å². The molecule has 36 valence electrons. The van der Waals surface area contributed by atoms with Gasteiger partial charge in [-0.25, -0.2) is 0 Å². The summed E-state index contributed by atoms with van der Waals surface area (Å²) in [7, 11) is -1.17. The van der Waals surface area contributed by atoms with Crippen molar-refractivity contribution >= 4 is 52.3 Å². The summed E-state index contributed by atoms with van der Waals surface area (Å²) in [6.45, 7) is 0. The molecular formula is CH3BI2O2. The number of alkyl halides is 2. The third kappa shape index (κ3) is 3.63. The monoisotopic (exact) mass is 312 g/mol. The van der Waals surface area contributed by atoms with Gasteiger partial charge in [0.05, 0.1) is 1.83 Å². The van der Waals surface area contributed by atoms with E-state index in [0.717, 1.165) is 0 Å². The molecular weight excluding hydrogens is 309 g/mol. The first kappa shape index (κ1) is 7.44. The molecule has 5 heteroatoms. The minimum Gasteiger partial charge on any atom is -0.426 e. The van der Waals surface area contributed by atoms with Gasteiger partial charge in [-0.3, -0.25) is 0 Å². The molecule has 0 heterocycles. The van der Waals surface area contributed by atoms with Gasteiger partial charge < -0.3 is 10.0 Å². The quantitative estimate of drug-likeness (QED) is 0.412. The first-order valence-corrected chi connectivity index (χ1v) is 3.78. The maximum Gasteiger partial charge on any atom is 0.475 e. The van der Waals surface area contributed by atoms with Crippen LogP contribution in [0.5, 0.6) is 0 Å². The summed E-state index contributed by atoms with van der Waals surface area (Å²) < 4.78 is -0.0970. The van der Waals surface area contributed by atoms with E-state index in [-0.39, 0.29) is 1.83 Å². The molecule has 0 saturated heterocycles. The fraction of sp³-hybridized carbons (Fsp3) is 1.00. The third-order valence-corrected chi connectivity index (χ3v) is 1.51. The van der Waals surface area contributed by atoms with E-state index in [4.69, 9.17) is 10.0 Å². The maximum atomic E-state index is 8.17. The van der Waals surface area contributed by atoms with Gasteiger partial charge >= 0.3 is 7.12 Å². The molecule has 6 heavy (non-hydrogen) atoms. The Morgan fingerprint density at radius 2 is 1.50 bits per heavy atom. The minimum absolute atomic E-state index is 0.0970. The SMILES string of the molecule is OB(O)C(I)I. The Balaban J connectivity index is 2.99. The van der Waals surface area contributed by atoms with Crippen LogP contribution in [-0.4, -0.2) is 19.0 Å². The van der Waals surface area contributed by atoms with Crippen molar-refractivity contribution in [3.63, 3.8) is 0 Å². The Labute approximate surface area is 63.7 Å². The van der Waals surface area contributed by atoms with Crippen molar-refractivity contribution in [3.8, 4) is 0 Å². The zero-order valence-corrected chi connectivity index (χ0v) is 7.12. The Bertz CT molecular complexity index is 32.5. The Morgan fingerprint density at radius 3 is 1.50 bits per heavy atom. The highest BCUT2D eigenvalue weighted by Gasteiger charge is 2.14. The van der Waals surface area contributed by atoms with E-state index >= 15 is 0 Å². The zero-order chi connectivity index (χ0) is 5.15. The van der Waals surface area contributed by atoms with Crippen molar-refractivity contribution in [2.24, 2.45) is 0 Å². The molecule has 0 atom stereocenters. The van der Waals surface area contributed by atoms with E-state index < -0.39 is 7.12 Å². The molecule has 0 aliphatic rings. The van der Waals surface area contributed by atoms with Crippen molar-refractivity contribution < 1.29 is 10.0 Å². The van der Waals surface area contributed by atoms with Crippen LogP contribution in [0.1, 0.15) is 0 Å². The molecule has 0 fully saturated rings. The second-order valence-corrected chi connectivity index (χ2v) is 5.82. The molecule has 0 aliphatic carbocycles. The van der Waals surface area contributed by atoms with Crippen LogP contribution in [-0.2, 0) is 0 Å². The van der Waals surface area contributed by atoms with E-state index in [0.29, 0.717) is 0 Å². The van der Waals surface area contributed by atoms with Gasteiger partial charge in [0.15, 0.2) is 0 Å². The van der Waals surface area contributed by atoms with E-state index in [1.165, 1.54) is 0 Å². The Hall–Kier alpha value is 1.44. The van der Waals surface area contributed by atoms with Crippen LogP contribution in [0.15, 0.2) is 0 Å². The van der Waals surface area contributed by atoms with Crippen molar-refractivity contribution in [1.82, 2.24) is 0 Å². The average Bonchev–Trinajstić information content (AvgIpc) is 1.36. The molecule has 0 spiro atoms. The Kier molecular flexibility index (Phi) is 4.28. The molecule has 2 nitrogen and oxygen atoms in total. The number of rotatable bonds is 1. The van der Waals surface area contributed by atoms with Crippen LogP contribution < -0.4 is 0 Å². The lowest BCUT2D eigenvalue weighted by atomic mass is 9.98. The van der Waals surface area contributed by atoms with Crippen molar-refractivity contribution in [1.29, 1.82) is 0 Å². The molecule has 0 radical (unpaired) electrons. The molecule has 0 bridgehead atoms. The molecule has 0 aliphatic heterocycles. The van der Waals surface area contributed by atoms with Gasteiger partial charge in [-0.1, -0.05) is 45.2 Å². The van der Waals surface area contributed by atoms with Gasteiger partial charge in [0.25, 0.3) is 0 Å². The molecule has 0 saturated carbocycles. The van der Waals surface area contributed by atoms with Gasteiger partial charge in [0.1, 0.15) is 0 Å². The highest BCUT2D eigenvalue weighted by molar-refractivity contribution is 14.2. The fourth-order valence-corrected chi connectivity index (χ4v) is 0. The summed E-state index contributed by atoms with van der Waals surface area (Å²) in [5, 5.41) is 16.3. The minimum atomic E-state index is -1.17. The van der Waals surface area contributed by atoms with Crippen LogP contribution in [0.2, 0.25) is 0 Å². The second kappa shape index (κ2) is 3.45. The van der Waals surface area contributed by atoms with E-state index in [1.807, 2.05) is 45.2 Å². The smallest absolute Gasteiger partial charge is 0.426 e. The first-order valence-electron chi connectivity index (χ1n) is 1.29. The van der Waals surface area contributed by atoms with Crippen molar-refractivity contribution in [3.05, 3.63) is 0 Å². The highest BCUT2D eigenvalue weighted by atomic mass is 127.